The summed E-state index contributed by atoms with van der Waals surface area (Å²) in [6.45, 7) is 0. The molecule has 2 heteroatoms. The molecule has 0 saturated carbocycles. The predicted molar refractivity (Wildman–Crippen MR) is 349 cm³/mol. The lowest BCUT2D eigenvalue weighted by Crippen LogP contribution is -2.11. The largest absolute Gasteiger partial charge is 0.310 e. The molecule has 0 aliphatic heterocycles. The molecular formula is C80H56N2. The summed E-state index contributed by atoms with van der Waals surface area (Å²) in [4.78, 5) is 4.81. The van der Waals surface area contributed by atoms with E-state index in [9.17, 15) is 0 Å². The van der Waals surface area contributed by atoms with Crippen molar-refractivity contribution in [1.29, 1.82) is 0 Å². The average molecular weight is 1050 g/mol. The highest BCUT2D eigenvalue weighted by Crippen LogP contribution is 2.45. The van der Waals surface area contributed by atoms with E-state index in [0.717, 1.165) is 45.3 Å². The summed E-state index contributed by atoms with van der Waals surface area (Å²) in [6, 6.07) is 123. The van der Waals surface area contributed by atoms with Gasteiger partial charge in [0, 0.05) is 33.5 Å². The molecule has 0 aromatic heterocycles. The van der Waals surface area contributed by atoms with Crippen LogP contribution in [0.3, 0.4) is 0 Å². The molecule has 0 aliphatic carbocycles. The first-order valence-corrected chi connectivity index (χ1v) is 28.1. The van der Waals surface area contributed by atoms with Crippen molar-refractivity contribution in [3.05, 3.63) is 340 Å². The zero-order valence-electron chi connectivity index (χ0n) is 45.2. The third-order valence-corrected chi connectivity index (χ3v) is 15.9. The Morgan fingerprint density at radius 2 is 0.329 bits per heavy atom. The molecule has 14 rings (SSSR count). The monoisotopic (exact) mass is 1040 g/mol. The quantitative estimate of drug-likeness (QED) is 0.114. The van der Waals surface area contributed by atoms with Gasteiger partial charge in [-0.1, -0.05) is 279 Å². The smallest absolute Gasteiger partial charge is 0.0540 e. The van der Waals surface area contributed by atoms with Gasteiger partial charge in [-0.15, -0.1) is 0 Å². The molecule has 0 fully saturated rings. The lowest BCUT2D eigenvalue weighted by Gasteiger charge is -2.28. The fraction of sp³-hybridized carbons (Fsp3) is 0. The molecule has 14 aromatic carbocycles. The second-order valence-electron chi connectivity index (χ2n) is 20.8. The molecule has 14 aromatic rings. The van der Waals surface area contributed by atoms with Gasteiger partial charge in [0.2, 0.25) is 0 Å². The molecule has 0 spiro atoms. The Bertz CT molecular complexity index is 4170. The number of hydrogen-bond acceptors (Lipinski definition) is 2. The highest BCUT2D eigenvalue weighted by molar-refractivity contribution is 6.08. The van der Waals surface area contributed by atoms with E-state index in [1.165, 1.54) is 88.3 Å². The van der Waals surface area contributed by atoms with Crippen LogP contribution in [0.15, 0.2) is 340 Å². The molecule has 0 bridgehead atoms. The van der Waals surface area contributed by atoms with Gasteiger partial charge in [-0.25, -0.2) is 0 Å². The Labute approximate surface area is 480 Å². The molecule has 82 heavy (non-hydrogen) atoms. The highest BCUT2D eigenvalue weighted by Gasteiger charge is 2.21. The fourth-order valence-electron chi connectivity index (χ4n) is 11.7. The van der Waals surface area contributed by atoms with Gasteiger partial charge in [-0.05, 0) is 149 Å². The molecule has 0 aliphatic rings. The van der Waals surface area contributed by atoms with Crippen molar-refractivity contribution in [2.24, 2.45) is 0 Å². The zero-order valence-corrected chi connectivity index (χ0v) is 45.2. The van der Waals surface area contributed by atoms with Gasteiger partial charge < -0.3 is 9.80 Å². The van der Waals surface area contributed by atoms with Crippen LogP contribution in [0, 0.1) is 0 Å². The Balaban J connectivity index is 0.816. The van der Waals surface area contributed by atoms with E-state index >= 15 is 0 Å². The van der Waals surface area contributed by atoms with E-state index in [1.54, 1.807) is 0 Å². The molecule has 0 radical (unpaired) electrons. The molecule has 0 heterocycles. The number of benzene rings is 14. The van der Waals surface area contributed by atoms with Crippen molar-refractivity contribution in [2.45, 2.75) is 0 Å². The van der Waals surface area contributed by atoms with Gasteiger partial charge in [-0.3, -0.25) is 0 Å². The number of hydrogen-bond donors (Lipinski definition) is 0. The van der Waals surface area contributed by atoms with Gasteiger partial charge in [0.05, 0.1) is 11.4 Å². The second kappa shape index (κ2) is 22.1. The van der Waals surface area contributed by atoms with Crippen LogP contribution in [0.1, 0.15) is 0 Å². The van der Waals surface area contributed by atoms with Gasteiger partial charge in [0.25, 0.3) is 0 Å². The maximum atomic E-state index is 2.41. The molecule has 0 atom stereocenters. The van der Waals surface area contributed by atoms with Crippen LogP contribution in [0.25, 0.3) is 99.4 Å². The van der Waals surface area contributed by atoms with Crippen molar-refractivity contribution in [3.8, 4) is 77.9 Å². The number of fused-ring (bicyclic) bond motifs is 2. The van der Waals surface area contributed by atoms with Crippen molar-refractivity contribution < 1.29 is 0 Å². The van der Waals surface area contributed by atoms with Gasteiger partial charge in [-0.2, -0.15) is 0 Å². The van der Waals surface area contributed by atoms with E-state index in [2.05, 4.69) is 350 Å². The number of nitrogens with zero attached hydrogens (tertiary/aromatic N) is 2. The third-order valence-electron chi connectivity index (χ3n) is 15.9. The first-order valence-electron chi connectivity index (χ1n) is 28.1. The minimum Gasteiger partial charge on any atom is -0.310 e. The van der Waals surface area contributed by atoms with E-state index in [4.69, 9.17) is 0 Å². The molecule has 0 amide bonds. The van der Waals surface area contributed by atoms with Crippen molar-refractivity contribution in [2.75, 3.05) is 9.80 Å². The third kappa shape index (κ3) is 9.80. The van der Waals surface area contributed by atoms with E-state index < -0.39 is 0 Å². The normalized spacial score (nSPS) is 11.2. The molecule has 0 N–H and O–H groups in total. The van der Waals surface area contributed by atoms with Crippen LogP contribution in [-0.4, -0.2) is 0 Å². The van der Waals surface area contributed by atoms with Crippen LogP contribution < -0.4 is 9.80 Å². The topological polar surface area (TPSA) is 6.48 Å². The molecule has 2 nitrogen and oxygen atoms in total. The molecular weight excluding hydrogens is 989 g/mol. The Morgan fingerprint density at radius 3 is 0.585 bits per heavy atom. The summed E-state index contributed by atoms with van der Waals surface area (Å²) in [6.07, 6.45) is 0. The molecule has 0 unspecified atom stereocenters. The minimum absolute atomic E-state index is 1.07. The Morgan fingerprint density at radius 1 is 0.134 bits per heavy atom. The highest BCUT2D eigenvalue weighted by atomic mass is 15.1. The maximum Gasteiger partial charge on any atom is 0.0540 e. The van der Waals surface area contributed by atoms with Gasteiger partial charge in [0.15, 0.2) is 0 Å². The summed E-state index contributed by atoms with van der Waals surface area (Å²) in [5.41, 5.74) is 23.2. The van der Waals surface area contributed by atoms with E-state index in [-0.39, 0.29) is 0 Å². The molecule has 386 valence electrons. The number of anilines is 6. The second-order valence-corrected chi connectivity index (χ2v) is 20.8. The molecule has 0 saturated heterocycles. The Kier molecular flexibility index (Phi) is 13.4. The number of rotatable bonds is 13. The first kappa shape index (κ1) is 49.5. The first-order chi connectivity index (χ1) is 40.7. The van der Waals surface area contributed by atoms with Gasteiger partial charge >= 0.3 is 0 Å². The maximum absolute atomic E-state index is 2.41. The lowest BCUT2D eigenvalue weighted by molar-refractivity contribution is 1.29. The van der Waals surface area contributed by atoms with Crippen LogP contribution >= 0.6 is 0 Å². The summed E-state index contributed by atoms with van der Waals surface area (Å²) in [5, 5.41) is 4.79. The Hall–Kier alpha value is -10.8. The van der Waals surface area contributed by atoms with Gasteiger partial charge in [0.1, 0.15) is 0 Å². The fourth-order valence-corrected chi connectivity index (χ4v) is 11.7. The van der Waals surface area contributed by atoms with Crippen LogP contribution in [0.2, 0.25) is 0 Å². The predicted octanol–water partition coefficient (Wildman–Crippen LogP) is 22.6. The van der Waals surface area contributed by atoms with E-state index in [1.807, 2.05) is 0 Å². The minimum atomic E-state index is 1.07. The lowest BCUT2D eigenvalue weighted by atomic mass is 9.96. The summed E-state index contributed by atoms with van der Waals surface area (Å²) < 4.78 is 0. The van der Waals surface area contributed by atoms with Crippen molar-refractivity contribution in [3.63, 3.8) is 0 Å². The van der Waals surface area contributed by atoms with Crippen molar-refractivity contribution >= 4 is 55.7 Å². The summed E-state index contributed by atoms with van der Waals surface area (Å²) >= 11 is 0. The average Bonchev–Trinajstić information content (AvgIpc) is 3.73. The standard InChI is InChI=1S/C80H56N2/c1-5-17-57(18-6-1)59-29-33-61(34-30-59)63-37-45-69(46-38-63)81(79-55-53-73(67-21-9-3-10-22-67)75-25-13-15-27-77(75)79)71-49-41-65(42-50-71)66-43-51-72(52-44-66)82(80-56-54-74(68-23-11-4-12-24-68)76-26-14-16-28-78(76)80)70-47-39-64(40-48-70)62-35-31-60(32-36-62)58-19-7-2-8-20-58/h1-56H. The van der Waals surface area contributed by atoms with Crippen LogP contribution in [0.4, 0.5) is 34.1 Å². The zero-order chi connectivity index (χ0) is 54.6. The summed E-state index contributed by atoms with van der Waals surface area (Å²) in [5.74, 6) is 0. The SMILES string of the molecule is c1ccc(-c2ccc(-c3ccc(N(c4ccc(-c5ccc(N(c6ccc(-c7ccc(-c8ccccc8)cc7)cc6)c6ccc(-c7ccccc7)c7ccccc67)cc5)cc4)c4ccc(-c5ccccc5)c5ccccc45)cc3)cc2)cc1. The van der Waals surface area contributed by atoms with E-state index in [0.29, 0.717) is 0 Å². The van der Waals surface area contributed by atoms with Crippen LogP contribution in [0.5, 0.6) is 0 Å². The summed E-state index contributed by atoms with van der Waals surface area (Å²) in [7, 11) is 0. The van der Waals surface area contributed by atoms with Crippen molar-refractivity contribution in [1.82, 2.24) is 0 Å². The van der Waals surface area contributed by atoms with Crippen LogP contribution in [-0.2, 0) is 0 Å².